The van der Waals surface area contributed by atoms with Crippen molar-refractivity contribution in [2.45, 2.75) is 53.9 Å². The Bertz CT molecular complexity index is 1300. The molecular formula is C28H32N4O. The van der Waals surface area contributed by atoms with E-state index in [1.165, 1.54) is 22.3 Å². The van der Waals surface area contributed by atoms with Crippen molar-refractivity contribution >= 4 is 16.9 Å². The Morgan fingerprint density at radius 3 is 2.39 bits per heavy atom. The maximum atomic E-state index is 12.5. The normalized spacial score (nSPS) is 11.2. The van der Waals surface area contributed by atoms with Crippen LogP contribution in [-0.4, -0.2) is 27.2 Å². The van der Waals surface area contributed by atoms with Crippen LogP contribution in [0.25, 0.3) is 16.7 Å². The standard InChI is InChI=1S/C28H32N4O/c1-18-11-12-24(17-19(18)2)32-28-27(22(5)31-32)20(3)25(21(4)30-28)13-14-26(33)29-16-15-23-9-7-6-8-10-23/h6-12,17H,13-16H2,1-5H3,(H,29,33). The second-order valence-electron chi connectivity index (χ2n) is 8.85. The fourth-order valence-corrected chi connectivity index (χ4v) is 4.43. The molecule has 5 nitrogen and oxygen atoms in total. The van der Waals surface area contributed by atoms with Crippen LogP contribution in [0.2, 0.25) is 0 Å². The zero-order chi connectivity index (χ0) is 23.5. The van der Waals surface area contributed by atoms with E-state index < -0.39 is 0 Å². The number of hydrogen-bond acceptors (Lipinski definition) is 3. The molecule has 0 aliphatic heterocycles. The maximum Gasteiger partial charge on any atom is 0.220 e. The molecule has 0 atom stereocenters. The zero-order valence-corrected chi connectivity index (χ0v) is 20.2. The summed E-state index contributed by atoms with van der Waals surface area (Å²) < 4.78 is 1.94. The molecule has 0 aliphatic rings. The number of carbonyl (C=O) groups is 1. The molecule has 0 aliphatic carbocycles. The van der Waals surface area contributed by atoms with Crippen molar-refractivity contribution in [3.63, 3.8) is 0 Å². The van der Waals surface area contributed by atoms with Gasteiger partial charge in [0.15, 0.2) is 5.65 Å². The second kappa shape index (κ2) is 9.57. The van der Waals surface area contributed by atoms with Crippen molar-refractivity contribution < 1.29 is 4.79 Å². The van der Waals surface area contributed by atoms with Gasteiger partial charge in [-0.15, -0.1) is 0 Å². The van der Waals surface area contributed by atoms with Crippen molar-refractivity contribution in [2.75, 3.05) is 6.54 Å². The van der Waals surface area contributed by atoms with Gasteiger partial charge in [-0.05, 0) is 87.4 Å². The van der Waals surface area contributed by atoms with E-state index in [1.54, 1.807) is 0 Å². The van der Waals surface area contributed by atoms with Crippen LogP contribution < -0.4 is 5.32 Å². The van der Waals surface area contributed by atoms with Crippen LogP contribution in [-0.2, 0) is 17.6 Å². The molecule has 4 rings (SSSR count). The molecule has 0 saturated carbocycles. The first-order chi connectivity index (χ1) is 15.8. The SMILES string of the molecule is Cc1ccc(-n2nc(C)c3c(C)c(CCC(=O)NCCc4ccccc4)c(C)nc32)cc1C. The highest BCUT2D eigenvalue weighted by atomic mass is 16.1. The first-order valence-corrected chi connectivity index (χ1v) is 11.6. The Morgan fingerprint density at radius 2 is 1.67 bits per heavy atom. The summed E-state index contributed by atoms with van der Waals surface area (Å²) in [6.07, 6.45) is 1.97. The third-order valence-corrected chi connectivity index (χ3v) is 6.49. The average Bonchev–Trinajstić information content (AvgIpc) is 3.12. The molecule has 2 heterocycles. The third-order valence-electron chi connectivity index (χ3n) is 6.49. The summed E-state index contributed by atoms with van der Waals surface area (Å²) in [6, 6.07) is 16.6. The molecule has 0 fully saturated rings. The Balaban J connectivity index is 1.51. The third kappa shape index (κ3) is 4.82. The quantitative estimate of drug-likeness (QED) is 0.427. The summed E-state index contributed by atoms with van der Waals surface area (Å²) in [5, 5.41) is 8.94. The summed E-state index contributed by atoms with van der Waals surface area (Å²) in [7, 11) is 0. The summed E-state index contributed by atoms with van der Waals surface area (Å²) in [4.78, 5) is 17.4. The molecule has 1 amide bonds. The van der Waals surface area contributed by atoms with E-state index in [1.807, 2.05) is 36.7 Å². The topological polar surface area (TPSA) is 59.8 Å². The number of hydrogen-bond donors (Lipinski definition) is 1. The van der Waals surface area contributed by atoms with Crippen molar-refractivity contribution in [3.05, 3.63) is 87.7 Å². The van der Waals surface area contributed by atoms with Crippen LogP contribution in [0.3, 0.4) is 0 Å². The van der Waals surface area contributed by atoms with Crippen molar-refractivity contribution in [2.24, 2.45) is 0 Å². The number of amides is 1. The van der Waals surface area contributed by atoms with Gasteiger partial charge in [-0.3, -0.25) is 4.79 Å². The van der Waals surface area contributed by atoms with Gasteiger partial charge in [-0.2, -0.15) is 5.10 Å². The van der Waals surface area contributed by atoms with Gasteiger partial charge in [-0.1, -0.05) is 36.4 Å². The molecule has 2 aromatic heterocycles. The minimum atomic E-state index is 0.0763. The average molecular weight is 441 g/mol. The second-order valence-corrected chi connectivity index (χ2v) is 8.85. The van der Waals surface area contributed by atoms with Crippen LogP contribution >= 0.6 is 0 Å². The van der Waals surface area contributed by atoms with Crippen LogP contribution in [0.15, 0.2) is 48.5 Å². The molecule has 0 saturated heterocycles. The Hall–Kier alpha value is -3.47. The number of aromatic nitrogens is 3. The van der Waals surface area contributed by atoms with Crippen molar-refractivity contribution in [1.82, 2.24) is 20.1 Å². The molecule has 4 aromatic rings. The first-order valence-electron chi connectivity index (χ1n) is 11.6. The van der Waals surface area contributed by atoms with Gasteiger partial charge in [0, 0.05) is 24.0 Å². The van der Waals surface area contributed by atoms with Gasteiger partial charge in [0.2, 0.25) is 5.91 Å². The zero-order valence-electron chi connectivity index (χ0n) is 20.2. The smallest absolute Gasteiger partial charge is 0.220 e. The van der Waals surface area contributed by atoms with Gasteiger partial charge in [-0.25, -0.2) is 9.67 Å². The number of nitrogens with one attached hydrogen (secondary N) is 1. The molecule has 2 aromatic carbocycles. The van der Waals surface area contributed by atoms with Gasteiger partial charge in [0.1, 0.15) is 0 Å². The minimum absolute atomic E-state index is 0.0763. The van der Waals surface area contributed by atoms with Crippen LogP contribution in [0.5, 0.6) is 0 Å². The van der Waals surface area contributed by atoms with E-state index >= 15 is 0 Å². The van der Waals surface area contributed by atoms with Gasteiger partial charge in [0.05, 0.1) is 11.4 Å². The summed E-state index contributed by atoms with van der Waals surface area (Å²) >= 11 is 0. The molecule has 33 heavy (non-hydrogen) atoms. The molecule has 0 bridgehead atoms. The van der Waals surface area contributed by atoms with Gasteiger partial charge < -0.3 is 5.32 Å². The highest BCUT2D eigenvalue weighted by Crippen LogP contribution is 2.28. The number of aryl methyl sites for hydroxylation is 5. The molecule has 0 spiro atoms. The lowest BCUT2D eigenvalue weighted by Crippen LogP contribution is -2.26. The highest BCUT2D eigenvalue weighted by Gasteiger charge is 2.18. The number of carbonyl (C=O) groups excluding carboxylic acids is 1. The number of pyridine rings is 1. The molecular weight excluding hydrogens is 408 g/mol. The molecule has 5 heteroatoms. The van der Waals surface area contributed by atoms with E-state index in [0.717, 1.165) is 40.1 Å². The minimum Gasteiger partial charge on any atom is -0.356 e. The lowest BCUT2D eigenvalue weighted by Gasteiger charge is -2.12. The van der Waals surface area contributed by atoms with Gasteiger partial charge in [0.25, 0.3) is 0 Å². The lowest BCUT2D eigenvalue weighted by molar-refractivity contribution is -0.121. The molecule has 0 unspecified atom stereocenters. The van der Waals surface area contributed by atoms with E-state index in [9.17, 15) is 4.79 Å². The van der Waals surface area contributed by atoms with Crippen LogP contribution in [0.4, 0.5) is 0 Å². The monoisotopic (exact) mass is 440 g/mol. The van der Waals surface area contributed by atoms with Crippen LogP contribution in [0.1, 0.15) is 45.6 Å². The largest absolute Gasteiger partial charge is 0.356 e. The highest BCUT2D eigenvalue weighted by molar-refractivity contribution is 5.85. The fourth-order valence-electron chi connectivity index (χ4n) is 4.43. The van der Waals surface area contributed by atoms with E-state index in [-0.39, 0.29) is 5.91 Å². The summed E-state index contributed by atoms with van der Waals surface area (Å²) in [6.45, 7) is 11.1. The van der Waals surface area contributed by atoms with Crippen LogP contribution in [0, 0.1) is 34.6 Å². The predicted octanol–water partition coefficient (Wildman–Crippen LogP) is 5.25. The maximum absolute atomic E-state index is 12.5. The van der Waals surface area contributed by atoms with E-state index in [2.05, 4.69) is 56.4 Å². The first kappa shape index (κ1) is 22.7. The molecule has 1 N–H and O–H groups in total. The van der Waals surface area contributed by atoms with Crippen molar-refractivity contribution in [3.8, 4) is 5.69 Å². The number of benzene rings is 2. The number of nitrogens with zero attached hydrogens (tertiary/aromatic N) is 3. The Kier molecular flexibility index (Phi) is 6.59. The molecule has 0 radical (unpaired) electrons. The Labute approximate surface area is 195 Å². The van der Waals surface area contributed by atoms with Gasteiger partial charge >= 0.3 is 0 Å². The number of fused-ring (bicyclic) bond motifs is 1. The number of rotatable bonds is 7. The predicted molar refractivity (Wildman–Crippen MR) is 134 cm³/mol. The summed E-state index contributed by atoms with van der Waals surface area (Å²) in [5.41, 5.74) is 9.86. The van der Waals surface area contributed by atoms with E-state index in [4.69, 9.17) is 10.1 Å². The summed E-state index contributed by atoms with van der Waals surface area (Å²) in [5.74, 6) is 0.0763. The lowest BCUT2D eigenvalue weighted by atomic mass is 9.99. The fraction of sp³-hybridized carbons (Fsp3) is 0.321. The molecule has 170 valence electrons. The Morgan fingerprint density at radius 1 is 0.909 bits per heavy atom. The van der Waals surface area contributed by atoms with Crippen molar-refractivity contribution in [1.29, 1.82) is 0 Å². The van der Waals surface area contributed by atoms with E-state index in [0.29, 0.717) is 19.4 Å².